The van der Waals surface area contributed by atoms with Crippen molar-refractivity contribution in [3.63, 3.8) is 0 Å². The molecule has 1 aromatic carbocycles. The minimum Gasteiger partial charge on any atom is -0.481 e. The summed E-state index contributed by atoms with van der Waals surface area (Å²) < 4.78 is 11.3. The molecule has 0 heterocycles. The first-order valence-corrected chi connectivity index (χ1v) is 5.17. The molecule has 0 radical (unpaired) electrons. The van der Waals surface area contributed by atoms with E-state index >= 15 is 0 Å². The lowest BCUT2D eigenvalue weighted by Crippen LogP contribution is -2.09. The predicted octanol–water partition coefficient (Wildman–Crippen LogP) is 0.787. The van der Waals surface area contributed by atoms with Gasteiger partial charge in [0, 0.05) is 17.0 Å². The number of carboxylic acids is 1. The van der Waals surface area contributed by atoms with Crippen molar-refractivity contribution in [2.24, 2.45) is 0 Å². The minimum absolute atomic E-state index is 0.119. The number of aliphatic carboxylic acids is 1. The Kier molecular flexibility index (Phi) is 3.51. The molecular formula is C8H7NO5S. The Balaban J connectivity index is 2.84. The summed E-state index contributed by atoms with van der Waals surface area (Å²) in [5, 5.41) is 18.7. The van der Waals surface area contributed by atoms with E-state index in [1.165, 1.54) is 24.3 Å². The van der Waals surface area contributed by atoms with Gasteiger partial charge in [-0.15, -0.1) is 0 Å². The topological polar surface area (TPSA) is 97.5 Å². The predicted molar refractivity (Wildman–Crippen MR) is 52.0 cm³/mol. The Hall–Kier alpha value is -1.76. The van der Waals surface area contributed by atoms with Crippen molar-refractivity contribution in [3.8, 4) is 0 Å². The number of carboxylic acid groups (broad SMARTS) is 1. The molecular weight excluding hydrogens is 222 g/mol. The van der Waals surface area contributed by atoms with Gasteiger partial charge in [0.25, 0.3) is 5.69 Å². The Morgan fingerprint density at radius 3 is 2.33 bits per heavy atom. The van der Waals surface area contributed by atoms with E-state index in [4.69, 9.17) is 5.11 Å². The van der Waals surface area contributed by atoms with E-state index < -0.39 is 27.4 Å². The van der Waals surface area contributed by atoms with E-state index in [-0.39, 0.29) is 10.6 Å². The van der Waals surface area contributed by atoms with Crippen LogP contribution in [0.5, 0.6) is 0 Å². The minimum atomic E-state index is -1.66. The van der Waals surface area contributed by atoms with Gasteiger partial charge in [-0.2, -0.15) is 0 Å². The van der Waals surface area contributed by atoms with Gasteiger partial charge in [-0.25, -0.2) is 0 Å². The number of nitro benzene ring substituents is 1. The maximum absolute atomic E-state index is 11.3. The van der Waals surface area contributed by atoms with Crippen LogP contribution in [0.25, 0.3) is 0 Å². The summed E-state index contributed by atoms with van der Waals surface area (Å²) >= 11 is 0. The number of benzene rings is 1. The molecule has 1 atom stereocenters. The number of hydrogen-bond donors (Lipinski definition) is 1. The third-order valence-corrected chi connectivity index (χ3v) is 2.87. The maximum atomic E-state index is 11.3. The zero-order chi connectivity index (χ0) is 11.4. The van der Waals surface area contributed by atoms with Gasteiger partial charge in [0.2, 0.25) is 0 Å². The van der Waals surface area contributed by atoms with Gasteiger partial charge in [0.15, 0.2) is 0 Å². The molecule has 15 heavy (non-hydrogen) atoms. The van der Waals surface area contributed by atoms with Crippen LogP contribution in [0.15, 0.2) is 29.2 Å². The highest BCUT2D eigenvalue weighted by molar-refractivity contribution is 7.85. The second-order valence-corrected chi connectivity index (χ2v) is 4.09. The molecule has 80 valence electrons. The van der Waals surface area contributed by atoms with Gasteiger partial charge < -0.3 is 5.11 Å². The van der Waals surface area contributed by atoms with Crippen LogP contribution in [0.4, 0.5) is 5.69 Å². The summed E-state index contributed by atoms with van der Waals surface area (Å²) in [4.78, 5) is 20.2. The Bertz CT molecular complexity index is 414. The van der Waals surface area contributed by atoms with Crippen LogP contribution in [0.3, 0.4) is 0 Å². The third kappa shape index (κ3) is 3.13. The van der Waals surface area contributed by atoms with Gasteiger partial charge in [-0.1, -0.05) is 0 Å². The van der Waals surface area contributed by atoms with Crippen LogP contribution in [0.2, 0.25) is 0 Å². The van der Waals surface area contributed by atoms with Crippen molar-refractivity contribution in [2.45, 2.75) is 4.90 Å². The number of hydrogen-bond acceptors (Lipinski definition) is 4. The molecule has 1 N–H and O–H groups in total. The molecule has 0 aliphatic rings. The SMILES string of the molecule is O=C(O)C[S@@](=O)c1ccc([N+](=O)[O-])cc1. The molecule has 1 aromatic rings. The lowest BCUT2D eigenvalue weighted by molar-refractivity contribution is -0.384. The van der Waals surface area contributed by atoms with E-state index in [1.807, 2.05) is 0 Å². The zero-order valence-corrected chi connectivity index (χ0v) is 8.27. The molecule has 7 heteroatoms. The standard InChI is InChI=1S/C8H7NO5S/c10-8(11)5-15(14)7-3-1-6(2-4-7)9(12)13/h1-4H,5H2,(H,10,11)/t15-/m1/s1. The van der Waals surface area contributed by atoms with Crippen molar-refractivity contribution in [2.75, 3.05) is 5.75 Å². The molecule has 0 amide bonds. The van der Waals surface area contributed by atoms with Crippen molar-refractivity contribution in [1.82, 2.24) is 0 Å². The fraction of sp³-hybridized carbons (Fsp3) is 0.125. The average molecular weight is 229 g/mol. The first-order valence-electron chi connectivity index (χ1n) is 3.85. The second-order valence-electron chi connectivity index (χ2n) is 2.63. The monoisotopic (exact) mass is 229 g/mol. The van der Waals surface area contributed by atoms with Gasteiger partial charge in [-0.3, -0.25) is 19.1 Å². The van der Waals surface area contributed by atoms with Gasteiger partial charge in [0.05, 0.1) is 15.7 Å². The molecule has 0 aromatic heterocycles. The number of nitro groups is 1. The molecule has 0 fully saturated rings. The quantitative estimate of drug-likeness (QED) is 0.608. The molecule has 0 saturated heterocycles. The van der Waals surface area contributed by atoms with Crippen LogP contribution in [-0.2, 0) is 15.6 Å². The normalized spacial score (nSPS) is 12.0. The Morgan fingerprint density at radius 1 is 1.40 bits per heavy atom. The van der Waals surface area contributed by atoms with Crippen LogP contribution >= 0.6 is 0 Å². The lowest BCUT2D eigenvalue weighted by Gasteiger charge is -1.98. The second kappa shape index (κ2) is 4.65. The molecule has 0 unspecified atom stereocenters. The highest BCUT2D eigenvalue weighted by Gasteiger charge is 2.10. The van der Waals surface area contributed by atoms with Gasteiger partial charge >= 0.3 is 5.97 Å². The van der Waals surface area contributed by atoms with E-state index in [0.29, 0.717) is 0 Å². The fourth-order valence-electron chi connectivity index (χ4n) is 0.915. The van der Waals surface area contributed by atoms with Crippen LogP contribution in [0.1, 0.15) is 0 Å². The van der Waals surface area contributed by atoms with Gasteiger partial charge in [0.1, 0.15) is 5.75 Å². The fourth-order valence-corrected chi connectivity index (χ4v) is 1.75. The first-order chi connectivity index (χ1) is 7.00. The van der Waals surface area contributed by atoms with Crippen LogP contribution in [-0.4, -0.2) is 26.0 Å². The summed E-state index contributed by atoms with van der Waals surface area (Å²) in [5.41, 5.74) is -0.119. The van der Waals surface area contributed by atoms with Crippen LogP contribution < -0.4 is 0 Å². The number of nitrogens with zero attached hydrogens (tertiary/aromatic N) is 1. The highest BCUT2D eigenvalue weighted by atomic mass is 32.2. The van der Waals surface area contributed by atoms with Crippen molar-refractivity contribution in [1.29, 1.82) is 0 Å². The molecule has 0 aliphatic carbocycles. The summed E-state index contributed by atoms with van der Waals surface area (Å²) in [6.07, 6.45) is 0. The molecule has 0 aliphatic heterocycles. The van der Waals surface area contributed by atoms with Crippen molar-refractivity contribution >= 4 is 22.5 Å². The number of rotatable bonds is 4. The summed E-state index contributed by atoms with van der Waals surface area (Å²) in [6.45, 7) is 0. The highest BCUT2D eigenvalue weighted by Crippen LogP contribution is 2.14. The van der Waals surface area contributed by atoms with Crippen molar-refractivity contribution in [3.05, 3.63) is 34.4 Å². The summed E-state index contributed by atoms with van der Waals surface area (Å²) in [5.74, 6) is -1.68. The molecule has 0 bridgehead atoms. The average Bonchev–Trinajstić information content (AvgIpc) is 2.17. The zero-order valence-electron chi connectivity index (χ0n) is 7.45. The number of non-ortho nitro benzene ring substituents is 1. The molecule has 0 saturated carbocycles. The lowest BCUT2D eigenvalue weighted by atomic mass is 10.3. The summed E-state index contributed by atoms with van der Waals surface area (Å²) in [6, 6.07) is 4.96. The Morgan fingerprint density at radius 2 is 1.93 bits per heavy atom. The maximum Gasteiger partial charge on any atom is 0.316 e. The summed E-state index contributed by atoms with van der Waals surface area (Å²) in [7, 11) is -1.66. The smallest absolute Gasteiger partial charge is 0.316 e. The van der Waals surface area contributed by atoms with E-state index in [9.17, 15) is 19.1 Å². The van der Waals surface area contributed by atoms with Gasteiger partial charge in [-0.05, 0) is 12.1 Å². The van der Waals surface area contributed by atoms with E-state index in [2.05, 4.69) is 0 Å². The van der Waals surface area contributed by atoms with Crippen molar-refractivity contribution < 1.29 is 19.0 Å². The van der Waals surface area contributed by atoms with E-state index in [0.717, 1.165) is 0 Å². The van der Waals surface area contributed by atoms with E-state index in [1.54, 1.807) is 0 Å². The molecule has 6 nitrogen and oxygen atoms in total. The van der Waals surface area contributed by atoms with Crippen LogP contribution in [0, 0.1) is 10.1 Å². The largest absolute Gasteiger partial charge is 0.481 e. The first kappa shape index (κ1) is 11.3. The molecule has 1 rings (SSSR count). The molecule has 0 spiro atoms. The number of carbonyl (C=O) groups is 1. The third-order valence-electron chi connectivity index (χ3n) is 1.57. The Labute approximate surface area is 87.1 Å².